The molecule has 0 radical (unpaired) electrons. The summed E-state index contributed by atoms with van der Waals surface area (Å²) in [6.45, 7) is 0. The second-order valence-corrected chi connectivity index (χ2v) is 13.3. The Labute approximate surface area is 293 Å². The fourth-order valence-corrected chi connectivity index (χ4v) is 8.22. The summed E-state index contributed by atoms with van der Waals surface area (Å²) in [5, 5.41) is 7.17. The van der Waals surface area contributed by atoms with Crippen molar-refractivity contribution in [3.05, 3.63) is 182 Å². The molecule has 11 rings (SSSR count). The molecule has 0 aliphatic heterocycles. The molecule has 3 heterocycles. The number of nitrogens with zero attached hydrogens (tertiary/aromatic N) is 2. The normalized spacial score (nSPS) is 11.9. The number of aromatic nitrogens is 2. The molecule has 0 aliphatic rings. The van der Waals surface area contributed by atoms with Gasteiger partial charge in [-0.2, -0.15) is 0 Å². The third kappa shape index (κ3) is 4.19. The molecule has 0 saturated heterocycles. The van der Waals surface area contributed by atoms with Gasteiger partial charge in [-0.3, -0.25) is 0 Å². The summed E-state index contributed by atoms with van der Waals surface area (Å²) in [7, 11) is 0. The highest BCUT2D eigenvalue weighted by atomic mass is 16.3. The Hall–Kier alpha value is -6.84. The van der Waals surface area contributed by atoms with Crippen molar-refractivity contribution in [1.29, 1.82) is 0 Å². The van der Waals surface area contributed by atoms with Crippen molar-refractivity contribution in [1.82, 2.24) is 9.13 Å². The zero-order chi connectivity index (χ0) is 33.5. The van der Waals surface area contributed by atoms with Crippen LogP contribution in [-0.2, 0) is 0 Å². The molecule has 3 heteroatoms. The lowest BCUT2D eigenvalue weighted by molar-refractivity contribution is 0.669. The molecule has 3 nitrogen and oxygen atoms in total. The standard InChI is InChI=1S/C48H30N2O/c1-2-12-31(13-3-1)32-14-10-15-33(28-32)34-16-11-17-35(29-34)49-43-21-7-4-18-37(43)40-25-26-41-38-19-5-8-22-44(38)50(48(41)47(40)49)36-24-27-46-42(30-36)39-20-6-9-23-45(39)51-46/h1-30H. The Morgan fingerprint density at radius 2 is 0.804 bits per heavy atom. The highest BCUT2D eigenvalue weighted by Crippen LogP contribution is 2.43. The van der Waals surface area contributed by atoms with E-state index in [1.807, 2.05) is 12.1 Å². The van der Waals surface area contributed by atoms with Gasteiger partial charge in [-0.25, -0.2) is 0 Å². The van der Waals surface area contributed by atoms with Crippen molar-refractivity contribution < 1.29 is 4.42 Å². The predicted molar refractivity (Wildman–Crippen MR) is 213 cm³/mol. The van der Waals surface area contributed by atoms with E-state index >= 15 is 0 Å². The average molecular weight is 651 g/mol. The lowest BCUT2D eigenvalue weighted by atomic mass is 9.99. The van der Waals surface area contributed by atoms with Gasteiger partial charge in [-0.1, -0.05) is 127 Å². The number of hydrogen-bond donors (Lipinski definition) is 0. The predicted octanol–water partition coefficient (Wildman–Crippen LogP) is 13.1. The monoisotopic (exact) mass is 650 g/mol. The first-order chi connectivity index (χ1) is 25.3. The van der Waals surface area contributed by atoms with Crippen molar-refractivity contribution in [2.24, 2.45) is 0 Å². The van der Waals surface area contributed by atoms with Gasteiger partial charge in [-0.05, 0) is 76.9 Å². The third-order valence-electron chi connectivity index (χ3n) is 10.5. The maximum absolute atomic E-state index is 6.25. The second-order valence-electron chi connectivity index (χ2n) is 13.3. The number of hydrogen-bond acceptors (Lipinski definition) is 1. The van der Waals surface area contributed by atoms with Gasteiger partial charge >= 0.3 is 0 Å². The van der Waals surface area contributed by atoms with Crippen LogP contribution in [0, 0.1) is 0 Å². The van der Waals surface area contributed by atoms with Crippen LogP contribution in [0.15, 0.2) is 186 Å². The Bertz CT molecular complexity index is 3140. The smallest absolute Gasteiger partial charge is 0.135 e. The van der Waals surface area contributed by atoms with E-state index in [-0.39, 0.29) is 0 Å². The van der Waals surface area contributed by atoms with Crippen LogP contribution in [-0.4, -0.2) is 9.13 Å². The van der Waals surface area contributed by atoms with E-state index in [2.05, 4.69) is 179 Å². The Morgan fingerprint density at radius 1 is 0.294 bits per heavy atom. The maximum atomic E-state index is 6.25. The number of fused-ring (bicyclic) bond motifs is 10. The van der Waals surface area contributed by atoms with E-state index < -0.39 is 0 Å². The van der Waals surface area contributed by atoms with Gasteiger partial charge in [0.1, 0.15) is 11.2 Å². The summed E-state index contributed by atoms with van der Waals surface area (Å²) in [4.78, 5) is 0. The minimum absolute atomic E-state index is 0.896. The summed E-state index contributed by atoms with van der Waals surface area (Å²) in [5.41, 5.74) is 13.6. The highest BCUT2D eigenvalue weighted by Gasteiger charge is 2.22. The number of rotatable bonds is 4. The maximum Gasteiger partial charge on any atom is 0.135 e. The lowest BCUT2D eigenvalue weighted by Crippen LogP contribution is -1.99. The quantitative estimate of drug-likeness (QED) is 0.186. The molecule has 51 heavy (non-hydrogen) atoms. The van der Waals surface area contributed by atoms with Crippen LogP contribution in [0.2, 0.25) is 0 Å². The minimum atomic E-state index is 0.896. The van der Waals surface area contributed by atoms with Crippen LogP contribution < -0.4 is 0 Å². The molecule has 0 atom stereocenters. The van der Waals surface area contributed by atoms with E-state index in [1.54, 1.807) is 0 Å². The Kier molecular flexibility index (Phi) is 5.96. The van der Waals surface area contributed by atoms with Crippen LogP contribution in [0.5, 0.6) is 0 Å². The van der Waals surface area contributed by atoms with E-state index in [9.17, 15) is 0 Å². The number of furan rings is 1. The molecule has 0 amide bonds. The Balaban J connectivity index is 1.22. The van der Waals surface area contributed by atoms with Gasteiger partial charge in [0.2, 0.25) is 0 Å². The van der Waals surface area contributed by atoms with Crippen molar-refractivity contribution in [2.75, 3.05) is 0 Å². The highest BCUT2D eigenvalue weighted by molar-refractivity contribution is 6.24. The SMILES string of the molecule is c1ccc(-c2cccc(-c3cccc(-n4c5ccccc5c5ccc6c7ccccc7n(-c7ccc8oc9ccccc9c8c7)c6c54)c3)c2)cc1. The van der Waals surface area contributed by atoms with Gasteiger partial charge in [-0.15, -0.1) is 0 Å². The second kappa shape index (κ2) is 10.8. The van der Waals surface area contributed by atoms with Gasteiger partial charge in [0.25, 0.3) is 0 Å². The fraction of sp³-hybridized carbons (Fsp3) is 0. The van der Waals surface area contributed by atoms with Gasteiger partial charge in [0.15, 0.2) is 0 Å². The van der Waals surface area contributed by atoms with Gasteiger partial charge in [0, 0.05) is 43.7 Å². The first-order valence-electron chi connectivity index (χ1n) is 17.4. The molecule has 11 aromatic rings. The summed E-state index contributed by atoms with van der Waals surface area (Å²) in [6.07, 6.45) is 0. The summed E-state index contributed by atoms with van der Waals surface area (Å²) >= 11 is 0. The van der Waals surface area contributed by atoms with E-state index in [4.69, 9.17) is 4.42 Å². The van der Waals surface area contributed by atoms with Crippen LogP contribution in [0.4, 0.5) is 0 Å². The molecule has 8 aromatic carbocycles. The van der Waals surface area contributed by atoms with Crippen molar-refractivity contribution in [3.8, 4) is 33.6 Å². The largest absolute Gasteiger partial charge is 0.456 e. The lowest BCUT2D eigenvalue weighted by Gasteiger charge is -2.14. The Morgan fingerprint density at radius 3 is 1.51 bits per heavy atom. The van der Waals surface area contributed by atoms with E-state index in [1.165, 1.54) is 65.9 Å². The zero-order valence-electron chi connectivity index (χ0n) is 27.6. The molecule has 3 aromatic heterocycles. The first-order valence-corrected chi connectivity index (χ1v) is 17.4. The number of para-hydroxylation sites is 3. The molecule has 0 fully saturated rings. The molecule has 0 N–H and O–H groups in total. The molecule has 0 saturated carbocycles. The van der Waals surface area contributed by atoms with Crippen LogP contribution in [0.25, 0.3) is 99.2 Å². The van der Waals surface area contributed by atoms with Crippen molar-refractivity contribution >= 4 is 65.6 Å². The summed E-state index contributed by atoms with van der Waals surface area (Å²) in [6, 6.07) is 65.6. The average Bonchev–Trinajstić information content (AvgIpc) is 3.86. The molecule has 0 aliphatic carbocycles. The van der Waals surface area contributed by atoms with E-state index in [0.29, 0.717) is 0 Å². The van der Waals surface area contributed by atoms with Crippen molar-refractivity contribution in [3.63, 3.8) is 0 Å². The van der Waals surface area contributed by atoms with E-state index in [0.717, 1.165) is 33.3 Å². The first kappa shape index (κ1) is 28.0. The third-order valence-corrected chi connectivity index (χ3v) is 10.5. The zero-order valence-corrected chi connectivity index (χ0v) is 27.6. The van der Waals surface area contributed by atoms with Crippen LogP contribution >= 0.6 is 0 Å². The summed E-state index contributed by atoms with van der Waals surface area (Å²) in [5.74, 6) is 0. The van der Waals surface area contributed by atoms with Crippen LogP contribution in [0.1, 0.15) is 0 Å². The summed E-state index contributed by atoms with van der Waals surface area (Å²) < 4.78 is 11.2. The topological polar surface area (TPSA) is 23.0 Å². The molecule has 0 bridgehead atoms. The van der Waals surface area contributed by atoms with Gasteiger partial charge in [0.05, 0.1) is 22.1 Å². The molecule has 238 valence electrons. The minimum Gasteiger partial charge on any atom is -0.456 e. The number of benzene rings is 8. The van der Waals surface area contributed by atoms with Crippen molar-refractivity contribution in [2.45, 2.75) is 0 Å². The molecule has 0 unspecified atom stereocenters. The molecular formula is C48H30N2O. The molecular weight excluding hydrogens is 621 g/mol. The fourth-order valence-electron chi connectivity index (χ4n) is 8.22. The van der Waals surface area contributed by atoms with Crippen LogP contribution in [0.3, 0.4) is 0 Å². The molecule has 0 spiro atoms. The van der Waals surface area contributed by atoms with Gasteiger partial charge < -0.3 is 13.6 Å².